The Morgan fingerprint density at radius 1 is 1.12 bits per heavy atom. The van der Waals surface area contributed by atoms with Gasteiger partial charge in [-0.3, -0.25) is 9.59 Å². The largest absolute Gasteiger partial charge is 0.503 e. The van der Waals surface area contributed by atoms with Crippen LogP contribution in [0.4, 0.5) is 0 Å². The molecule has 2 aromatic heterocycles. The van der Waals surface area contributed by atoms with Crippen LogP contribution in [0.25, 0.3) is 0 Å². The van der Waals surface area contributed by atoms with Crippen molar-refractivity contribution in [1.82, 2.24) is 9.55 Å². The van der Waals surface area contributed by atoms with Crippen LogP contribution in [-0.4, -0.2) is 19.8 Å². The molecule has 0 spiro atoms. The average molecular weight is 236 g/mol. The maximum Gasteiger partial charge on any atom is 0.292 e. The Balaban J connectivity index is 0.000000171. The Hall–Kier alpha value is -2.50. The van der Waals surface area contributed by atoms with Crippen molar-refractivity contribution in [3.05, 3.63) is 57.4 Å². The lowest BCUT2D eigenvalue weighted by Gasteiger charge is -1.93. The van der Waals surface area contributed by atoms with E-state index in [1.54, 1.807) is 25.4 Å². The number of pyridine rings is 2. The second kappa shape index (κ2) is 5.55. The van der Waals surface area contributed by atoms with Crippen molar-refractivity contribution < 1.29 is 10.2 Å². The molecule has 0 aliphatic carbocycles. The van der Waals surface area contributed by atoms with Crippen molar-refractivity contribution in [2.75, 3.05) is 0 Å². The molecule has 0 saturated heterocycles. The molecule has 0 aliphatic rings. The number of aromatic amines is 1. The van der Waals surface area contributed by atoms with Gasteiger partial charge in [0.1, 0.15) is 0 Å². The number of nitrogens with one attached hydrogen (secondary N) is 1. The molecule has 0 atom stereocenters. The minimum atomic E-state index is -0.451. The average Bonchev–Trinajstić information content (AvgIpc) is 2.31. The Morgan fingerprint density at radius 3 is 2.18 bits per heavy atom. The second-order valence-corrected chi connectivity index (χ2v) is 3.19. The van der Waals surface area contributed by atoms with Gasteiger partial charge < -0.3 is 19.8 Å². The lowest BCUT2D eigenvalue weighted by Crippen LogP contribution is -2.13. The molecule has 0 radical (unpaired) electrons. The predicted molar refractivity (Wildman–Crippen MR) is 62.1 cm³/mol. The third-order valence-corrected chi connectivity index (χ3v) is 1.90. The number of aromatic hydroxyl groups is 2. The highest BCUT2D eigenvalue weighted by atomic mass is 16.3. The molecule has 90 valence electrons. The minimum Gasteiger partial charge on any atom is -0.503 e. The van der Waals surface area contributed by atoms with Gasteiger partial charge in [0.15, 0.2) is 11.5 Å². The van der Waals surface area contributed by atoms with Gasteiger partial charge in [-0.05, 0) is 24.3 Å². The van der Waals surface area contributed by atoms with Crippen LogP contribution in [0.15, 0.2) is 46.2 Å². The van der Waals surface area contributed by atoms with E-state index >= 15 is 0 Å². The lowest BCUT2D eigenvalue weighted by molar-refractivity contribution is 0.461. The maximum absolute atomic E-state index is 10.7. The summed E-state index contributed by atoms with van der Waals surface area (Å²) < 4.78 is 1.31. The Labute approximate surface area is 96.4 Å². The molecule has 0 saturated carbocycles. The van der Waals surface area contributed by atoms with E-state index in [2.05, 4.69) is 4.98 Å². The summed E-state index contributed by atoms with van der Waals surface area (Å²) in [7, 11) is 1.59. The summed E-state index contributed by atoms with van der Waals surface area (Å²) in [6.45, 7) is 0. The Morgan fingerprint density at radius 2 is 1.76 bits per heavy atom. The number of rotatable bonds is 0. The Kier molecular flexibility index (Phi) is 4.10. The molecule has 0 bridgehead atoms. The molecule has 0 amide bonds. The molecule has 6 heteroatoms. The van der Waals surface area contributed by atoms with E-state index in [-0.39, 0.29) is 17.1 Å². The van der Waals surface area contributed by atoms with E-state index in [1.165, 1.54) is 22.9 Å². The smallest absolute Gasteiger partial charge is 0.292 e. The van der Waals surface area contributed by atoms with Gasteiger partial charge in [0.2, 0.25) is 0 Å². The number of aryl methyl sites for hydroxylation is 1. The predicted octanol–water partition coefficient (Wildman–Crippen LogP) is 0.171. The van der Waals surface area contributed by atoms with Crippen LogP contribution in [0.2, 0.25) is 0 Å². The van der Waals surface area contributed by atoms with Crippen LogP contribution < -0.4 is 11.1 Å². The van der Waals surface area contributed by atoms with Crippen molar-refractivity contribution >= 4 is 0 Å². The van der Waals surface area contributed by atoms with Gasteiger partial charge in [-0.1, -0.05) is 0 Å². The van der Waals surface area contributed by atoms with Gasteiger partial charge in [0.05, 0.1) is 0 Å². The van der Waals surface area contributed by atoms with E-state index in [9.17, 15) is 9.59 Å². The van der Waals surface area contributed by atoms with Gasteiger partial charge in [-0.2, -0.15) is 0 Å². The Bertz CT molecular complexity index is 577. The molecule has 0 aliphatic heterocycles. The summed E-state index contributed by atoms with van der Waals surface area (Å²) in [4.78, 5) is 23.3. The van der Waals surface area contributed by atoms with Crippen LogP contribution in [-0.2, 0) is 7.05 Å². The van der Waals surface area contributed by atoms with Crippen molar-refractivity contribution in [3.8, 4) is 11.5 Å². The summed E-state index contributed by atoms with van der Waals surface area (Å²) >= 11 is 0. The summed E-state index contributed by atoms with van der Waals surface area (Å²) in [5, 5.41) is 17.3. The number of hydrogen-bond acceptors (Lipinski definition) is 4. The standard InChI is InChI=1S/C6H7NO2.C5H5NO2/c1-7-4-2-3-5(8)6(7)9;7-4-2-1-3-6-5(4)8/h2-4,8H,1H3;1-3,7H,(H,6,8). The normalized spacial score (nSPS) is 9.24. The summed E-state index contributed by atoms with van der Waals surface area (Å²) in [5.74, 6) is -0.451. The highest BCUT2D eigenvalue weighted by molar-refractivity contribution is 5.14. The first-order chi connectivity index (χ1) is 8.02. The molecule has 0 unspecified atom stereocenters. The molecular formula is C11H12N2O4. The number of aromatic nitrogens is 2. The first-order valence-electron chi connectivity index (χ1n) is 4.73. The summed E-state index contributed by atoms with van der Waals surface area (Å²) in [6, 6.07) is 5.86. The molecule has 2 rings (SSSR count). The van der Waals surface area contributed by atoms with Crippen molar-refractivity contribution in [3.63, 3.8) is 0 Å². The van der Waals surface area contributed by atoms with Gasteiger partial charge >= 0.3 is 0 Å². The van der Waals surface area contributed by atoms with Gasteiger partial charge in [0.25, 0.3) is 11.1 Å². The third kappa shape index (κ3) is 3.53. The van der Waals surface area contributed by atoms with Gasteiger partial charge in [0, 0.05) is 19.4 Å². The minimum absolute atomic E-state index is 0.208. The zero-order valence-electron chi connectivity index (χ0n) is 9.12. The van der Waals surface area contributed by atoms with Crippen LogP contribution in [0.1, 0.15) is 0 Å². The van der Waals surface area contributed by atoms with Gasteiger partial charge in [-0.15, -0.1) is 0 Å². The molecule has 3 N–H and O–H groups in total. The third-order valence-electron chi connectivity index (χ3n) is 1.90. The monoisotopic (exact) mass is 236 g/mol. The fourth-order valence-electron chi connectivity index (χ4n) is 0.996. The van der Waals surface area contributed by atoms with Gasteiger partial charge in [-0.25, -0.2) is 0 Å². The van der Waals surface area contributed by atoms with E-state index in [1.807, 2.05) is 0 Å². The first kappa shape index (κ1) is 12.6. The van der Waals surface area contributed by atoms with Crippen molar-refractivity contribution in [1.29, 1.82) is 0 Å². The quantitative estimate of drug-likeness (QED) is 0.607. The van der Waals surface area contributed by atoms with E-state index in [0.29, 0.717) is 0 Å². The molecule has 0 aromatic carbocycles. The van der Waals surface area contributed by atoms with Crippen LogP contribution in [0.5, 0.6) is 11.5 Å². The second-order valence-electron chi connectivity index (χ2n) is 3.19. The highest BCUT2D eigenvalue weighted by Crippen LogP contribution is 1.94. The zero-order valence-corrected chi connectivity index (χ0v) is 9.12. The SMILES string of the molecule is Cn1cccc(O)c1=O.O=c1[nH]cccc1O. The zero-order chi connectivity index (χ0) is 12.8. The molecular weight excluding hydrogens is 224 g/mol. The first-order valence-corrected chi connectivity index (χ1v) is 4.73. The molecule has 2 aromatic rings. The topological polar surface area (TPSA) is 95.3 Å². The molecule has 0 fully saturated rings. The lowest BCUT2D eigenvalue weighted by atomic mass is 10.4. The molecule has 17 heavy (non-hydrogen) atoms. The fourth-order valence-corrected chi connectivity index (χ4v) is 0.996. The molecule has 2 heterocycles. The van der Waals surface area contributed by atoms with Crippen LogP contribution in [0.3, 0.4) is 0 Å². The van der Waals surface area contributed by atoms with E-state index < -0.39 is 5.56 Å². The highest BCUT2D eigenvalue weighted by Gasteiger charge is 1.93. The van der Waals surface area contributed by atoms with Crippen LogP contribution in [0, 0.1) is 0 Å². The number of H-pyrrole nitrogens is 1. The summed E-state index contributed by atoms with van der Waals surface area (Å²) in [5.41, 5.74) is -0.815. The summed E-state index contributed by atoms with van der Waals surface area (Å²) in [6.07, 6.45) is 3.05. The van der Waals surface area contributed by atoms with Crippen molar-refractivity contribution in [2.24, 2.45) is 7.05 Å². The van der Waals surface area contributed by atoms with E-state index in [0.717, 1.165) is 0 Å². The molecule has 6 nitrogen and oxygen atoms in total. The van der Waals surface area contributed by atoms with Crippen LogP contribution >= 0.6 is 0 Å². The number of hydrogen-bond donors (Lipinski definition) is 3. The number of nitrogens with zero attached hydrogens (tertiary/aromatic N) is 1. The van der Waals surface area contributed by atoms with E-state index in [4.69, 9.17) is 10.2 Å². The van der Waals surface area contributed by atoms with Crippen molar-refractivity contribution in [2.45, 2.75) is 0 Å². The fraction of sp³-hybridized carbons (Fsp3) is 0.0909. The maximum atomic E-state index is 10.7.